The number of hydrogen-bond donors (Lipinski definition) is 1. The van der Waals surface area contributed by atoms with Crippen LogP contribution in [0.15, 0.2) is 54.6 Å². The number of hydrogen-bond acceptors (Lipinski definition) is 1. The van der Waals surface area contributed by atoms with Crippen LogP contribution in [0.5, 0.6) is 0 Å². The molecule has 1 fully saturated rings. The van der Waals surface area contributed by atoms with Crippen molar-refractivity contribution in [2.24, 2.45) is 0 Å². The Hall–Kier alpha value is -1.31. The van der Waals surface area contributed by atoms with E-state index >= 15 is 0 Å². The molecule has 2 aromatic rings. The van der Waals surface area contributed by atoms with Gasteiger partial charge in [0.2, 0.25) is 0 Å². The molecule has 0 aromatic heterocycles. The summed E-state index contributed by atoms with van der Waals surface area (Å²) in [5.41, 5.74) is 2.74. The second-order valence-corrected chi connectivity index (χ2v) is 5.95. The van der Waals surface area contributed by atoms with E-state index < -0.39 is 0 Å². The Labute approximate surface area is 126 Å². The molecule has 3 rings (SSSR count). The molecule has 0 unspecified atom stereocenters. The zero-order valence-electron chi connectivity index (χ0n) is 11.6. The average Bonchev–Trinajstić information content (AvgIpc) is 2.75. The monoisotopic (exact) mass is 285 g/mol. The first-order valence-electron chi connectivity index (χ1n) is 7.39. The molecule has 0 amide bonds. The molecule has 20 heavy (non-hydrogen) atoms. The minimum Gasteiger partial charge on any atom is -0.303 e. The summed E-state index contributed by atoms with van der Waals surface area (Å²) in [6.07, 6.45) is 4.99. The maximum Gasteiger partial charge on any atom is 0.0406 e. The lowest BCUT2D eigenvalue weighted by Gasteiger charge is -2.23. The van der Waals surface area contributed by atoms with Crippen LogP contribution in [0.25, 0.3) is 0 Å². The Morgan fingerprint density at radius 3 is 1.90 bits per heavy atom. The van der Waals surface area contributed by atoms with Gasteiger partial charge in [0.25, 0.3) is 0 Å². The summed E-state index contributed by atoms with van der Waals surface area (Å²) in [5.74, 6) is 0. The summed E-state index contributed by atoms with van der Waals surface area (Å²) in [6, 6.07) is 19.9. The van der Waals surface area contributed by atoms with Crippen molar-refractivity contribution in [3.05, 3.63) is 70.7 Å². The Kier molecular flexibility index (Phi) is 4.39. The second-order valence-electron chi connectivity index (χ2n) is 5.52. The van der Waals surface area contributed by atoms with Crippen molar-refractivity contribution < 1.29 is 0 Å². The van der Waals surface area contributed by atoms with E-state index in [4.69, 9.17) is 11.6 Å². The van der Waals surface area contributed by atoms with Crippen LogP contribution in [-0.2, 0) is 0 Å². The number of halogens is 1. The molecule has 1 aliphatic heterocycles. The summed E-state index contributed by atoms with van der Waals surface area (Å²) < 4.78 is 0. The van der Waals surface area contributed by atoms with E-state index in [1.54, 1.807) is 0 Å². The number of nitrogens with one attached hydrogen (secondary N) is 1. The van der Waals surface area contributed by atoms with Crippen molar-refractivity contribution >= 4 is 11.6 Å². The molecule has 0 spiro atoms. The van der Waals surface area contributed by atoms with Gasteiger partial charge in [0, 0.05) is 17.1 Å². The molecule has 0 bridgehead atoms. The first-order valence-corrected chi connectivity index (χ1v) is 7.77. The van der Waals surface area contributed by atoms with Gasteiger partial charge in [-0.1, -0.05) is 66.9 Å². The Bertz CT molecular complexity index is 535. The second kappa shape index (κ2) is 6.43. The Morgan fingerprint density at radius 1 is 0.750 bits per heavy atom. The largest absolute Gasteiger partial charge is 0.303 e. The highest BCUT2D eigenvalue weighted by Gasteiger charge is 2.21. The fraction of sp³-hybridized carbons (Fsp3) is 0.333. The van der Waals surface area contributed by atoms with Gasteiger partial charge in [-0.3, -0.25) is 0 Å². The first-order chi connectivity index (χ1) is 9.83. The molecule has 1 heterocycles. The summed E-state index contributed by atoms with van der Waals surface area (Å²) in [4.78, 5) is 0. The van der Waals surface area contributed by atoms with Crippen LogP contribution in [0, 0.1) is 0 Å². The predicted molar refractivity (Wildman–Crippen MR) is 85.0 cm³/mol. The minimum absolute atomic E-state index is 0.431. The van der Waals surface area contributed by atoms with E-state index in [1.165, 1.54) is 36.8 Å². The molecule has 2 atom stereocenters. The molecule has 0 saturated carbocycles. The van der Waals surface area contributed by atoms with E-state index in [1.807, 2.05) is 12.1 Å². The van der Waals surface area contributed by atoms with Crippen molar-refractivity contribution in [2.75, 3.05) is 0 Å². The third kappa shape index (κ3) is 3.23. The molecule has 0 aliphatic carbocycles. The highest BCUT2D eigenvalue weighted by molar-refractivity contribution is 6.30. The molecule has 1 N–H and O–H groups in total. The summed E-state index contributed by atoms with van der Waals surface area (Å²) in [7, 11) is 0. The summed E-state index contributed by atoms with van der Waals surface area (Å²) in [6.45, 7) is 0. The van der Waals surface area contributed by atoms with Crippen LogP contribution < -0.4 is 5.32 Å². The molecule has 1 aliphatic rings. The molecule has 104 valence electrons. The Balaban J connectivity index is 1.80. The van der Waals surface area contributed by atoms with Gasteiger partial charge in [0.05, 0.1) is 0 Å². The van der Waals surface area contributed by atoms with Crippen LogP contribution in [-0.4, -0.2) is 0 Å². The van der Waals surface area contributed by atoms with Crippen molar-refractivity contribution in [1.82, 2.24) is 5.32 Å². The summed E-state index contributed by atoms with van der Waals surface area (Å²) >= 11 is 5.99. The zero-order valence-corrected chi connectivity index (χ0v) is 12.3. The highest BCUT2D eigenvalue weighted by atomic mass is 35.5. The van der Waals surface area contributed by atoms with Gasteiger partial charge in [-0.15, -0.1) is 0 Å². The Morgan fingerprint density at radius 2 is 1.30 bits per heavy atom. The number of rotatable bonds is 2. The van der Waals surface area contributed by atoms with Crippen LogP contribution in [0.4, 0.5) is 0 Å². The van der Waals surface area contributed by atoms with Gasteiger partial charge in [-0.25, -0.2) is 0 Å². The molecular formula is C18H20ClN. The SMILES string of the molecule is Clc1ccc([C@@H]2CCCC[C@@H](c3ccccc3)N2)cc1. The average molecular weight is 286 g/mol. The van der Waals surface area contributed by atoms with E-state index in [0.717, 1.165) is 5.02 Å². The third-order valence-corrected chi connectivity index (χ3v) is 4.36. The van der Waals surface area contributed by atoms with Gasteiger partial charge >= 0.3 is 0 Å². The van der Waals surface area contributed by atoms with Gasteiger partial charge in [0.15, 0.2) is 0 Å². The topological polar surface area (TPSA) is 12.0 Å². The van der Waals surface area contributed by atoms with E-state index in [0.29, 0.717) is 12.1 Å². The predicted octanol–water partition coefficient (Wildman–Crippen LogP) is 5.29. The lowest BCUT2D eigenvalue weighted by Crippen LogP contribution is -2.24. The van der Waals surface area contributed by atoms with Gasteiger partial charge in [-0.05, 0) is 36.1 Å². The number of benzene rings is 2. The van der Waals surface area contributed by atoms with E-state index in [2.05, 4.69) is 47.8 Å². The molecular weight excluding hydrogens is 266 g/mol. The fourth-order valence-electron chi connectivity index (χ4n) is 3.01. The maximum absolute atomic E-state index is 5.99. The first kappa shape index (κ1) is 13.7. The normalized spacial score (nSPS) is 23.2. The molecule has 0 radical (unpaired) electrons. The van der Waals surface area contributed by atoms with Crippen LogP contribution >= 0.6 is 11.6 Å². The molecule has 1 nitrogen and oxygen atoms in total. The minimum atomic E-state index is 0.431. The maximum atomic E-state index is 5.99. The standard InChI is InChI=1S/C18H20ClN/c19-16-12-10-15(11-13-16)18-9-5-4-8-17(20-18)14-6-2-1-3-7-14/h1-3,6-7,10-13,17-18,20H,4-5,8-9H2/t17-,18-/m0/s1. The van der Waals surface area contributed by atoms with Gasteiger partial charge in [-0.2, -0.15) is 0 Å². The fourth-order valence-corrected chi connectivity index (χ4v) is 3.14. The molecule has 1 saturated heterocycles. The molecule has 2 aromatic carbocycles. The zero-order chi connectivity index (χ0) is 13.8. The van der Waals surface area contributed by atoms with Crippen molar-refractivity contribution in [3.63, 3.8) is 0 Å². The van der Waals surface area contributed by atoms with Crippen LogP contribution in [0.2, 0.25) is 5.02 Å². The van der Waals surface area contributed by atoms with Crippen LogP contribution in [0.1, 0.15) is 48.9 Å². The van der Waals surface area contributed by atoms with Crippen LogP contribution in [0.3, 0.4) is 0 Å². The smallest absolute Gasteiger partial charge is 0.0406 e. The van der Waals surface area contributed by atoms with Crippen molar-refractivity contribution in [2.45, 2.75) is 37.8 Å². The third-order valence-electron chi connectivity index (χ3n) is 4.11. The van der Waals surface area contributed by atoms with E-state index in [9.17, 15) is 0 Å². The van der Waals surface area contributed by atoms with E-state index in [-0.39, 0.29) is 0 Å². The van der Waals surface area contributed by atoms with Gasteiger partial charge in [0.1, 0.15) is 0 Å². The molecule has 2 heteroatoms. The summed E-state index contributed by atoms with van der Waals surface area (Å²) in [5, 5.41) is 4.63. The van der Waals surface area contributed by atoms with Crippen molar-refractivity contribution in [3.8, 4) is 0 Å². The lowest BCUT2D eigenvalue weighted by molar-refractivity contribution is 0.451. The van der Waals surface area contributed by atoms with Crippen molar-refractivity contribution in [1.29, 1.82) is 0 Å². The highest BCUT2D eigenvalue weighted by Crippen LogP contribution is 2.31. The van der Waals surface area contributed by atoms with Gasteiger partial charge < -0.3 is 5.32 Å². The lowest BCUT2D eigenvalue weighted by atomic mass is 10.0. The quantitative estimate of drug-likeness (QED) is 0.791.